The highest BCUT2D eigenvalue weighted by molar-refractivity contribution is 6.30. The van der Waals surface area contributed by atoms with Crippen LogP contribution in [0.25, 0.3) is 11.8 Å². The number of nitrogens with one attached hydrogen (secondary N) is 2. The minimum atomic E-state index is -0.310. The first-order valence-corrected chi connectivity index (χ1v) is 6.99. The van der Waals surface area contributed by atoms with Crippen molar-refractivity contribution < 1.29 is 4.79 Å². The van der Waals surface area contributed by atoms with Crippen LogP contribution in [0, 0.1) is 6.92 Å². The smallest absolute Gasteiger partial charge is 0.278 e. The zero-order valence-corrected chi connectivity index (χ0v) is 12.7. The van der Waals surface area contributed by atoms with E-state index in [9.17, 15) is 9.59 Å². The Kier molecular flexibility index (Phi) is 3.46. The van der Waals surface area contributed by atoms with E-state index in [1.807, 2.05) is 0 Å². The normalized spacial score (nSPS) is 16.0. The Labute approximate surface area is 131 Å². The highest BCUT2D eigenvalue weighted by Crippen LogP contribution is 2.15. The van der Waals surface area contributed by atoms with Crippen LogP contribution in [0.4, 0.5) is 0 Å². The molecule has 0 fully saturated rings. The summed E-state index contributed by atoms with van der Waals surface area (Å²) in [6, 6.07) is 6.90. The fourth-order valence-electron chi connectivity index (χ4n) is 2.24. The number of hydrogen-bond acceptors (Lipinski definition) is 3. The van der Waals surface area contributed by atoms with E-state index in [4.69, 9.17) is 11.6 Å². The lowest BCUT2D eigenvalue weighted by Crippen LogP contribution is -2.17. The van der Waals surface area contributed by atoms with Crippen molar-refractivity contribution in [2.75, 3.05) is 0 Å². The van der Waals surface area contributed by atoms with E-state index >= 15 is 0 Å². The van der Waals surface area contributed by atoms with E-state index in [1.165, 1.54) is 4.68 Å². The highest BCUT2D eigenvalue weighted by Gasteiger charge is 2.21. The summed E-state index contributed by atoms with van der Waals surface area (Å²) in [4.78, 5) is 24.3. The molecular weight excluding hydrogens is 304 g/mol. The fraction of sp³-hybridized carbons (Fsp3) is 0.133. The van der Waals surface area contributed by atoms with Crippen molar-refractivity contribution in [1.29, 1.82) is 0 Å². The molecule has 22 heavy (non-hydrogen) atoms. The lowest BCUT2D eigenvalue weighted by atomic mass is 10.1. The molecule has 1 aromatic carbocycles. The molecule has 0 aliphatic carbocycles. The molecule has 112 valence electrons. The number of benzene rings is 1. The Morgan fingerprint density at radius 3 is 2.45 bits per heavy atom. The second-order valence-corrected chi connectivity index (χ2v) is 5.40. The summed E-state index contributed by atoms with van der Waals surface area (Å²) in [6.45, 7) is 3.49. The van der Waals surface area contributed by atoms with Crippen LogP contribution >= 0.6 is 11.6 Å². The number of aryl methyl sites for hydroxylation is 1. The Morgan fingerprint density at radius 2 is 1.86 bits per heavy atom. The number of carbonyl (C=O) groups is 1. The molecule has 2 heterocycles. The van der Waals surface area contributed by atoms with Crippen molar-refractivity contribution in [2.24, 2.45) is 5.10 Å². The molecule has 0 spiro atoms. The quantitative estimate of drug-likeness (QED) is 0.831. The van der Waals surface area contributed by atoms with Gasteiger partial charge < -0.3 is 0 Å². The largest absolute Gasteiger partial charge is 0.295 e. The van der Waals surface area contributed by atoms with Crippen LogP contribution in [0.2, 0.25) is 5.02 Å². The zero-order valence-electron chi connectivity index (χ0n) is 12.0. The van der Waals surface area contributed by atoms with Crippen LogP contribution in [0.3, 0.4) is 0 Å². The predicted octanol–water partition coefficient (Wildman–Crippen LogP) is 2.02. The Morgan fingerprint density at radius 1 is 1.18 bits per heavy atom. The summed E-state index contributed by atoms with van der Waals surface area (Å²) in [5, 5.41) is 7.44. The van der Waals surface area contributed by atoms with Crippen LogP contribution in [-0.2, 0) is 4.79 Å². The van der Waals surface area contributed by atoms with Crippen molar-refractivity contribution >= 4 is 29.3 Å². The molecule has 7 heteroatoms. The van der Waals surface area contributed by atoms with Gasteiger partial charge in [0.1, 0.15) is 0 Å². The van der Waals surface area contributed by atoms with E-state index in [2.05, 4.69) is 15.6 Å². The van der Waals surface area contributed by atoms with Crippen molar-refractivity contribution in [2.45, 2.75) is 13.8 Å². The predicted molar refractivity (Wildman–Crippen MR) is 85.4 cm³/mol. The summed E-state index contributed by atoms with van der Waals surface area (Å²) < 4.78 is 1.41. The molecule has 6 nitrogen and oxygen atoms in total. The maximum Gasteiger partial charge on any atom is 0.278 e. The number of H-pyrrole nitrogens is 1. The number of halogens is 1. The van der Waals surface area contributed by atoms with Gasteiger partial charge in [0.05, 0.1) is 22.5 Å². The van der Waals surface area contributed by atoms with Crippen molar-refractivity contribution in [1.82, 2.24) is 15.2 Å². The van der Waals surface area contributed by atoms with Gasteiger partial charge in [-0.25, -0.2) is 10.1 Å². The molecule has 3 rings (SSSR count). The minimum absolute atomic E-state index is 0.236. The Hall–Kier alpha value is -2.60. The van der Waals surface area contributed by atoms with E-state index < -0.39 is 0 Å². The molecule has 1 aliphatic rings. The molecule has 1 aliphatic heterocycles. The molecule has 2 N–H and O–H groups in total. The van der Waals surface area contributed by atoms with Crippen LogP contribution in [0.15, 0.2) is 39.7 Å². The first kappa shape index (κ1) is 14.3. The van der Waals surface area contributed by atoms with E-state index in [0.717, 1.165) is 0 Å². The molecule has 1 aromatic heterocycles. The van der Waals surface area contributed by atoms with Crippen LogP contribution in [0.5, 0.6) is 0 Å². The van der Waals surface area contributed by atoms with E-state index in [-0.39, 0.29) is 11.5 Å². The summed E-state index contributed by atoms with van der Waals surface area (Å²) >= 11 is 5.86. The lowest BCUT2D eigenvalue weighted by Gasteiger charge is -2.00. The third-order valence-electron chi connectivity index (χ3n) is 3.45. The molecule has 0 radical (unpaired) electrons. The molecular formula is C15H13ClN4O2. The fourth-order valence-corrected chi connectivity index (χ4v) is 2.36. The number of hydrazone groups is 1. The monoisotopic (exact) mass is 316 g/mol. The van der Waals surface area contributed by atoms with Crippen LogP contribution in [-0.4, -0.2) is 21.4 Å². The zero-order chi connectivity index (χ0) is 15.9. The third-order valence-corrected chi connectivity index (χ3v) is 3.70. The summed E-state index contributed by atoms with van der Waals surface area (Å²) in [5.41, 5.74) is 4.85. The van der Waals surface area contributed by atoms with Gasteiger partial charge in [-0.15, -0.1) is 0 Å². The Balaban J connectivity index is 2.10. The van der Waals surface area contributed by atoms with Gasteiger partial charge in [0, 0.05) is 10.7 Å². The van der Waals surface area contributed by atoms with Gasteiger partial charge in [0.15, 0.2) is 0 Å². The second kappa shape index (κ2) is 5.31. The molecule has 1 amide bonds. The second-order valence-electron chi connectivity index (χ2n) is 4.96. The Bertz CT molecular complexity index is 872. The lowest BCUT2D eigenvalue weighted by molar-refractivity contribution is -0.116. The molecule has 0 atom stereocenters. The van der Waals surface area contributed by atoms with Gasteiger partial charge >= 0.3 is 0 Å². The molecule has 0 saturated carbocycles. The van der Waals surface area contributed by atoms with E-state index in [0.29, 0.717) is 33.3 Å². The van der Waals surface area contributed by atoms with E-state index in [1.54, 1.807) is 44.2 Å². The van der Waals surface area contributed by atoms with Crippen LogP contribution in [0.1, 0.15) is 18.2 Å². The average molecular weight is 317 g/mol. The van der Waals surface area contributed by atoms with Crippen molar-refractivity contribution in [3.8, 4) is 5.69 Å². The number of hydrogen-bond donors (Lipinski definition) is 2. The van der Waals surface area contributed by atoms with Gasteiger partial charge in [-0.05, 0) is 44.2 Å². The maximum atomic E-state index is 12.6. The molecule has 0 unspecified atom stereocenters. The third kappa shape index (κ3) is 2.37. The first-order valence-electron chi connectivity index (χ1n) is 6.61. The van der Waals surface area contributed by atoms with Crippen LogP contribution < -0.4 is 11.0 Å². The number of carbonyl (C=O) groups excluding carboxylic acids is 1. The van der Waals surface area contributed by atoms with Crippen molar-refractivity contribution in [3.05, 3.63) is 56.5 Å². The van der Waals surface area contributed by atoms with Gasteiger partial charge in [-0.1, -0.05) is 11.6 Å². The highest BCUT2D eigenvalue weighted by atomic mass is 35.5. The number of rotatable bonds is 2. The number of nitrogens with zero attached hydrogens (tertiary/aromatic N) is 2. The van der Waals surface area contributed by atoms with Crippen molar-refractivity contribution in [3.63, 3.8) is 0 Å². The average Bonchev–Trinajstić information content (AvgIpc) is 2.95. The molecule has 0 saturated heterocycles. The first-order chi connectivity index (χ1) is 10.5. The minimum Gasteiger partial charge on any atom is -0.295 e. The van der Waals surface area contributed by atoms with Gasteiger partial charge in [-0.2, -0.15) is 5.10 Å². The number of aromatic amines is 1. The van der Waals surface area contributed by atoms with Gasteiger partial charge in [-0.3, -0.25) is 14.7 Å². The summed E-state index contributed by atoms with van der Waals surface area (Å²) in [6.07, 6.45) is 1.56. The van der Waals surface area contributed by atoms with Gasteiger partial charge in [0.25, 0.3) is 11.5 Å². The summed E-state index contributed by atoms with van der Waals surface area (Å²) in [7, 11) is 0. The standard InChI is InChI=1S/C15H13ClN4O2/c1-8-12(14(21)18-17-8)7-13-9(2)19-20(15(13)22)11-5-3-10(16)4-6-11/h3-7,19H,1-2H3,(H,18,21). The summed E-state index contributed by atoms with van der Waals surface area (Å²) in [5.74, 6) is -0.310. The molecule has 0 bridgehead atoms. The topological polar surface area (TPSA) is 79.2 Å². The maximum absolute atomic E-state index is 12.6. The number of aromatic nitrogens is 2. The SMILES string of the molecule is CC1=NNC(=O)C1=Cc1c(C)[nH]n(-c2ccc(Cl)cc2)c1=O. The van der Waals surface area contributed by atoms with Gasteiger partial charge in [0.2, 0.25) is 0 Å². The number of amides is 1. The molecule has 2 aromatic rings.